The van der Waals surface area contributed by atoms with Gasteiger partial charge in [0.2, 0.25) is 0 Å². The average molecular weight is 481 g/mol. The second-order valence-corrected chi connectivity index (χ2v) is 7.64. The lowest BCUT2D eigenvalue weighted by atomic mass is 10.1. The number of pyridine rings is 1. The molecule has 1 heterocycles. The quantitative estimate of drug-likeness (QED) is 0.354. The topological polar surface area (TPSA) is 101 Å². The Labute approximate surface area is 192 Å². The van der Waals surface area contributed by atoms with Crippen LogP contribution in [0.5, 0.6) is 11.5 Å². The van der Waals surface area contributed by atoms with Crippen LogP contribution in [0.25, 0.3) is 0 Å². The van der Waals surface area contributed by atoms with Crippen molar-refractivity contribution in [3.05, 3.63) is 81.1 Å². The molecule has 7 nitrogen and oxygen atoms in total. The Hall–Kier alpha value is -3.00. The van der Waals surface area contributed by atoms with E-state index in [9.17, 15) is 9.59 Å². The Morgan fingerprint density at radius 2 is 1.65 bits per heavy atom. The maximum absolute atomic E-state index is 12.3. The molecule has 0 saturated heterocycles. The van der Waals surface area contributed by atoms with E-state index >= 15 is 0 Å². The summed E-state index contributed by atoms with van der Waals surface area (Å²) in [5.74, 6) is -0.282. The molecule has 10 heteroatoms. The highest BCUT2D eigenvalue weighted by Gasteiger charge is 2.13. The lowest BCUT2D eigenvalue weighted by Crippen LogP contribution is -2.31. The Morgan fingerprint density at radius 1 is 0.968 bits per heavy atom. The van der Waals surface area contributed by atoms with Crippen LogP contribution in [-0.2, 0) is 0 Å². The molecule has 0 radical (unpaired) electrons. The van der Waals surface area contributed by atoms with E-state index in [-0.39, 0.29) is 21.8 Å². The van der Waals surface area contributed by atoms with E-state index in [0.717, 1.165) is 5.56 Å². The lowest BCUT2D eigenvalue weighted by Gasteiger charge is -2.16. The second kappa shape index (κ2) is 9.87. The van der Waals surface area contributed by atoms with E-state index in [1.807, 2.05) is 6.92 Å². The van der Waals surface area contributed by atoms with Gasteiger partial charge in [-0.15, -0.1) is 0 Å². The molecule has 0 aliphatic heterocycles. The van der Waals surface area contributed by atoms with Crippen LogP contribution in [0.4, 0.5) is 10.5 Å². The molecule has 3 N–H and O–H groups in total. The molecule has 0 bridgehead atoms. The third-order valence-corrected chi connectivity index (χ3v) is 5.21. The molecule has 1 aromatic heterocycles. The highest BCUT2D eigenvalue weighted by molar-refractivity contribution is 6.44. The third-order valence-electron chi connectivity index (χ3n) is 4.17. The maximum Gasteiger partial charge on any atom is 0.354 e. The Bertz CT molecular complexity index is 1120. The van der Waals surface area contributed by atoms with Crippen molar-refractivity contribution in [1.29, 1.82) is 0 Å². The van der Waals surface area contributed by atoms with Crippen molar-refractivity contribution >= 4 is 52.5 Å². The number of ether oxygens (including phenoxy) is 1. The molecule has 0 fully saturated rings. The van der Waals surface area contributed by atoms with Crippen LogP contribution in [0.2, 0.25) is 15.1 Å². The molecule has 1 atom stereocenters. The number of carboxylic acid groups (broad SMARTS) is 1. The summed E-state index contributed by atoms with van der Waals surface area (Å²) < 4.78 is 5.66. The fourth-order valence-electron chi connectivity index (χ4n) is 2.61. The van der Waals surface area contributed by atoms with Crippen molar-refractivity contribution in [3.8, 4) is 11.5 Å². The van der Waals surface area contributed by atoms with Gasteiger partial charge in [-0.05, 0) is 42.8 Å². The van der Waals surface area contributed by atoms with Crippen molar-refractivity contribution in [2.75, 3.05) is 5.32 Å². The normalized spacial score (nSPS) is 11.5. The number of carbonyl (C=O) groups is 2. The largest absolute Gasteiger partial charge is 0.477 e. The summed E-state index contributed by atoms with van der Waals surface area (Å²) in [6, 6.07) is 12.0. The number of halogens is 3. The number of anilines is 1. The van der Waals surface area contributed by atoms with Gasteiger partial charge in [0.05, 0.1) is 26.8 Å². The molecular formula is C21H16Cl3N3O4. The predicted octanol–water partition coefficient (Wildman–Crippen LogP) is 6.42. The van der Waals surface area contributed by atoms with E-state index in [0.29, 0.717) is 22.2 Å². The summed E-state index contributed by atoms with van der Waals surface area (Å²) in [5.41, 5.74) is 1.05. The zero-order chi connectivity index (χ0) is 22.5. The molecule has 31 heavy (non-hydrogen) atoms. The van der Waals surface area contributed by atoms with Gasteiger partial charge in [-0.25, -0.2) is 14.6 Å². The number of rotatable bonds is 6. The minimum absolute atomic E-state index is 0.111. The third kappa shape index (κ3) is 6.01. The summed E-state index contributed by atoms with van der Waals surface area (Å²) in [6.45, 7) is 1.81. The van der Waals surface area contributed by atoms with Crippen LogP contribution in [0.3, 0.4) is 0 Å². The zero-order valence-electron chi connectivity index (χ0n) is 16.0. The Kier molecular flexibility index (Phi) is 7.22. The molecule has 3 rings (SSSR count). The highest BCUT2D eigenvalue weighted by atomic mass is 35.5. The number of aromatic carboxylic acids is 1. The summed E-state index contributed by atoms with van der Waals surface area (Å²) in [7, 11) is 0. The summed E-state index contributed by atoms with van der Waals surface area (Å²) in [6.07, 6.45) is 1.36. The number of hydrogen-bond acceptors (Lipinski definition) is 4. The minimum Gasteiger partial charge on any atom is -0.477 e. The van der Waals surface area contributed by atoms with E-state index in [1.54, 1.807) is 30.3 Å². The van der Waals surface area contributed by atoms with Crippen LogP contribution in [0, 0.1) is 0 Å². The number of nitrogens with zero attached hydrogens (tertiary/aromatic N) is 1. The fraction of sp³-hybridized carbons (Fsp3) is 0.0952. The monoisotopic (exact) mass is 479 g/mol. The molecule has 2 amide bonds. The Morgan fingerprint density at radius 3 is 2.32 bits per heavy atom. The maximum atomic E-state index is 12.3. The molecule has 0 spiro atoms. The van der Waals surface area contributed by atoms with Gasteiger partial charge in [0, 0.05) is 12.3 Å². The molecule has 0 aliphatic rings. The van der Waals surface area contributed by atoms with E-state index in [1.165, 1.54) is 24.4 Å². The number of aromatic nitrogens is 1. The number of carbonyl (C=O) groups excluding carboxylic acids is 1. The predicted molar refractivity (Wildman–Crippen MR) is 120 cm³/mol. The standard InChI is InChI=1S/C21H16Cl3N3O4/c1-11(26-21(30)27-18-10-16(23)15(22)9-17(18)24)12-2-4-13(5-3-12)31-14-6-7-25-19(8-14)20(28)29/h2-11H,1H3,(H,28,29)(H2,26,27,30). The molecule has 0 aliphatic carbocycles. The van der Waals surface area contributed by atoms with Crippen LogP contribution in [0.15, 0.2) is 54.7 Å². The average Bonchev–Trinajstić information content (AvgIpc) is 2.72. The molecule has 1 unspecified atom stereocenters. The summed E-state index contributed by atoms with van der Waals surface area (Å²) in [5, 5.41) is 15.3. The van der Waals surface area contributed by atoms with E-state index in [2.05, 4.69) is 15.6 Å². The van der Waals surface area contributed by atoms with Crippen LogP contribution < -0.4 is 15.4 Å². The number of carboxylic acids is 1. The van der Waals surface area contributed by atoms with Gasteiger partial charge in [-0.2, -0.15) is 0 Å². The molecule has 3 aromatic rings. The second-order valence-electron chi connectivity index (χ2n) is 6.42. The molecule has 160 valence electrons. The number of nitrogens with one attached hydrogen (secondary N) is 2. The zero-order valence-corrected chi connectivity index (χ0v) is 18.3. The van der Waals surface area contributed by atoms with Gasteiger partial charge in [-0.3, -0.25) is 0 Å². The first kappa shape index (κ1) is 22.7. The van der Waals surface area contributed by atoms with Gasteiger partial charge in [0.15, 0.2) is 5.69 Å². The van der Waals surface area contributed by atoms with Crippen LogP contribution >= 0.6 is 34.8 Å². The molecular weight excluding hydrogens is 465 g/mol. The summed E-state index contributed by atoms with van der Waals surface area (Å²) in [4.78, 5) is 27.0. The van der Waals surface area contributed by atoms with Crippen molar-refractivity contribution < 1.29 is 19.4 Å². The number of hydrogen-bond donors (Lipinski definition) is 3. The van der Waals surface area contributed by atoms with Gasteiger partial charge in [0.25, 0.3) is 0 Å². The Balaban J connectivity index is 1.62. The summed E-state index contributed by atoms with van der Waals surface area (Å²) >= 11 is 17.9. The fourth-order valence-corrected chi connectivity index (χ4v) is 3.20. The SMILES string of the molecule is CC(NC(=O)Nc1cc(Cl)c(Cl)cc1Cl)c1ccc(Oc2ccnc(C(=O)O)c2)cc1. The lowest BCUT2D eigenvalue weighted by molar-refractivity contribution is 0.0690. The van der Waals surface area contributed by atoms with Crippen LogP contribution in [-0.4, -0.2) is 22.1 Å². The van der Waals surface area contributed by atoms with Crippen molar-refractivity contribution in [2.24, 2.45) is 0 Å². The minimum atomic E-state index is -1.14. The first-order valence-corrected chi connectivity index (χ1v) is 10.1. The first-order chi connectivity index (χ1) is 14.7. The van der Waals surface area contributed by atoms with Gasteiger partial charge < -0.3 is 20.5 Å². The van der Waals surface area contributed by atoms with E-state index in [4.69, 9.17) is 44.6 Å². The highest BCUT2D eigenvalue weighted by Crippen LogP contribution is 2.32. The first-order valence-electron chi connectivity index (χ1n) is 8.92. The van der Waals surface area contributed by atoms with Crippen molar-refractivity contribution in [2.45, 2.75) is 13.0 Å². The van der Waals surface area contributed by atoms with E-state index < -0.39 is 12.0 Å². The van der Waals surface area contributed by atoms with Gasteiger partial charge in [0.1, 0.15) is 11.5 Å². The van der Waals surface area contributed by atoms with Crippen molar-refractivity contribution in [1.82, 2.24) is 10.3 Å². The van der Waals surface area contributed by atoms with Gasteiger partial charge in [-0.1, -0.05) is 46.9 Å². The smallest absolute Gasteiger partial charge is 0.354 e. The van der Waals surface area contributed by atoms with Crippen molar-refractivity contribution in [3.63, 3.8) is 0 Å². The number of amides is 2. The molecule has 2 aromatic carbocycles. The van der Waals surface area contributed by atoms with Crippen LogP contribution in [0.1, 0.15) is 29.0 Å². The number of benzene rings is 2. The van der Waals surface area contributed by atoms with Gasteiger partial charge >= 0.3 is 12.0 Å². The molecule has 0 saturated carbocycles. The number of urea groups is 1.